The van der Waals surface area contributed by atoms with E-state index in [-0.39, 0.29) is 5.41 Å². The number of hydrogen-bond donors (Lipinski definition) is 1. The second-order valence-electron chi connectivity index (χ2n) is 5.36. The lowest BCUT2D eigenvalue weighted by atomic mass is 10.1. The Morgan fingerprint density at radius 3 is 2.61 bits per heavy atom. The van der Waals surface area contributed by atoms with Crippen molar-refractivity contribution in [3.05, 3.63) is 23.8 Å². The summed E-state index contributed by atoms with van der Waals surface area (Å²) >= 11 is 0. The van der Waals surface area contributed by atoms with Gasteiger partial charge in [0.2, 0.25) is 0 Å². The van der Waals surface area contributed by atoms with Gasteiger partial charge in [0.15, 0.2) is 0 Å². The number of aryl methyl sites for hydroxylation is 1. The Morgan fingerprint density at radius 2 is 2.11 bits per heavy atom. The zero-order valence-corrected chi connectivity index (χ0v) is 11.6. The number of methoxy groups -OCH3 is 1. The number of aliphatic hydroxyl groups excluding tert-OH is 1. The van der Waals surface area contributed by atoms with E-state index in [1.807, 2.05) is 6.07 Å². The summed E-state index contributed by atoms with van der Waals surface area (Å²) in [5, 5.41) is 9.39. The number of anilines is 1. The first-order chi connectivity index (χ1) is 8.64. The molecule has 0 saturated heterocycles. The maximum atomic E-state index is 9.39. The Kier molecular flexibility index (Phi) is 3.81. The van der Waals surface area contributed by atoms with E-state index in [4.69, 9.17) is 4.74 Å². The highest BCUT2D eigenvalue weighted by Crippen LogP contribution is 2.46. The van der Waals surface area contributed by atoms with Crippen molar-refractivity contribution in [2.45, 2.75) is 26.2 Å². The first kappa shape index (κ1) is 13.2. The number of rotatable bonds is 6. The van der Waals surface area contributed by atoms with Crippen molar-refractivity contribution in [1.82, 2.24) is 0 Å². The molecule has 1 aliphatic carbocycles. The van der Waals surface area contributed by atoms with Crippen LogP contribution in [0.3, 0.4) is 0 Å². The summed E-state index contributed by atoms with van der Waals surface area (Å²) in [4.78, 5) is 2.24. The minimum atomic E-state index is 0.154. The fourth-order valence-corrected chi connectivity index (χ4v) is 2.42. The summed E-state index contributed by atoms with van der Waals surface area (Å²) in [5.41, 5.74) is 2.59. The van der Waals surface area contributed by atoms with E-state index in [2.05, 4.69) is 31.0 Å². The highest BCUT2D eigenvalue weighted by atomic mass is 16.5. The summed E-state index contributed by atoms with van der Waals surface area (Å²) < 4.78 is 5.35. The highest BCUT2D eigenvalue weighted by Gasteiger charge is 2.42. The molecule has 0 spiro atoms. The Hall–Kier alpha value is -1.22. The number of benzene rings is 1. The van der Waals surface area contributed by atoms with Crippen molar-refractivity contribution in [2.75, 3.05) is 32.2 Å². The van der Waals surface area contributed by atoms with E-state index in [0.717, 1.165) is 31.6 Å². The van der Waals surface area contributed by atoms with E-state index in [1.165, 1.54) is 11.3 Å². The van der Waals surface area contributed by atoms with Crippen molar-refractivity contribution in [3.63, 3.8) is 0 Å². The van der Waals surface area contributed by atoms with Gasteiger partial charge in [-0.1, -0.05) is 6.92 Å². The van der Waals surface area contributed by atoms with Crippen LogP contribution in [0.25, 0.3) is 0 Å². The molecular formula is C15H23NO2. The SMILES string of the molecule is CCc1cc(N(C)CC2(CO)CC2)ccc1OC. The van der Waals surface area contributed by atoms with Crippen molar-refractivity contribution >= 4 is 5.69 Å². The van der Waals surface area contributed by atoms with Crippen LogP contribution in [0, 0.1) is 5.41 Å². The molecule has 18 heavy (non-hydrogen) atoms. The third kappa shape index (κ3) is 2.61. The predicted molar refractivity (Wildman–Crippen MR) is 74.4 cm³/mol. The average Bonchev–Trinajstić information content (AvgIpc) is 3.18. The maximum Gasteiger partial charge on any atom is 0.122 e. The van der Waals surface area contributed by atoms with Gasteiger partial charge in [0.05, 0.1) is 13.7 Å². The third-order valence-corrected chi connectivity index (χ3v) is 3.95. The van der Waals surface area contributed by atoms with Gasteiger partial charge in [-0.05, 0) is 43.0 Å². The van der Waals surface area contributed by atoms with Crippen LogP contribution < -0.4 is 9.64 Å². The first-order valence-electron chi connectivity index (χ1n) is 6.63. The molecule has 100 valence electrons. The molecule has 0 unspecified atom stereocenters. The monoisotopic (exact) mass is 249 g/mol. The second-order valence-corrected chi connectivity index (χ2v) is 5.36. The Morgan fingerprint density at radius 1 is 1.39 bits per heavy atom. The molecular weight excluding hydrogens is 226 g/mol. The molecule has 0 heterocycles. The van der Waals surface area contributed by atoms with Gasteiger partial charge in [-0.2, -0.15) is 0 Å². The molecule has 0 aliphatic heterocycles. The van der Waals surface area contributed by atoms with Gasteiger partial charge >= 0.3 is 0 Å². The van der Waals surface area contributed by atoms with Crippen LogP contribution in [0.1, 0.15) is 25.3 Å². The third-order valence-electron chi connectivity index (χ3n) is 3.95. The predicted octanol–water partition coefficient (Wildman–Crippen LogP) is 2.47. The van der Waals surface area contributed by atoms with Crippen molar-refractivity contribution in [3.8, 4) is 5.75 Å². The van der Waals surface area contributed by atoms with E-state index >= 15 is 0 Å². The highest BCUT2D eigenvalue weighted by molar-refractivity contribution is 5.53. The Labute approximate surface area is 109 Å². The van der Waals surface area contributed by atoms with E-state index in [9.17, 15) is 5.11 Å². The largest absolute Gasteiger partial charge is 0.496 e. The molecule has 0 bridgehead atoms. The Balaban J connectivity index is 2.12. The summed E-state index contributed by atoms with van der Waals surface area (Å²) in [5.74, 6) is 0.956. The standard InChI is InChI=1S/C15H23NO2/c1-4-12-9-13(5-6-14(12)18-3)16(2)10-15(11-17)7-8-15/h5-6,9,17H,4,7-8,10-11H2,1-3H3. The second kappa shape index (κ2) is 5.19. The lowest BCUT2D eigenvalue weighted by Crippen LogP contribution is -2.28. The van der Waals surface area contributed by atoms with E-state index < -0.39 is 0 Å². The van der Waals surface area contributed by atoms with Gasteiger partial charge in [-0.3, -0.25) is 0 Å². The van der Waals surface area contributed by atoms with Crippen LogP contribution in [0.15, 0.2) is 18.2 Å². The van der Waals surface area contributed by atoms with Gasteiger partial charge in [0.1, 0.15) is 5.75 Å². The Bertz CT molecular complexity index is 413. The average molecular weight is 249 g/mol. The lowest BCUT2D eigenvalue weighted by Gasteiger charge is -2.25. The van der Waals surface area contributed by atoms with Crippen molar-refractivity contribution in [1.29, 1.82) is 0 Å². The molecule has 1 saturated carbocycles. The van der Waals surface area contributed by atoms with Gasteiger partial charge in [0.25, 0.3) is 0 Å². The summed E-state index contributed by atoms with van der Waals surface area (Å²) in [7, 11) is 3.81. The number of nitrogens with zero attached hydrogens (tertiary/aromatic N) is 1. The quantitative estimate of drug-likeness (QED) is 0.840. The maximum absolute atomic E-state index is 9.39. The molecule has 1 aliphatic rings. The molecule has 0 radical (unpaired) electrons. The fraction of sp³-hybridized carbons (Fsp3) is 0.600. The van der Waals surface area contributed by atoms with Crippen LogP contribution in [0.5, 0.6) is 5.75 Å². The summed E-state index contributed by atoms with van der Waals surface area (Å²) in [6.45, 7) is 3.37. The molecule has 0 amide bonds. The normalized spacial score (nSPS) is 16.4. The van der Waals surface area contributed by atoms with Gasteiger partial charge in [-0.15, -0.1) is 0 Å². The van der Waals surface area contributed by atoms with Crippen molar-refractivity contribution < 1.29 is 9.84 Å². The number of ether oxygens (including phenoxy) is 1. The molecule has 0 aromatic heterocycles. The molecule has 3 nitrogen and oxygen atoms in total. The summed E-state index contributed by atoms with van der Waals surface area (Å²) in [6, 6.07) is 6.31. The molecule has 3 heteroatoms. The number of aliphatic hydroxyl groups is 1. The molecule has 1 aromatic carbocycles. The fourth-order valence-electron chi connectivity index (χ4n) is 2.42. The molecule has 1 N–H and O–H groups in total. The number of hydrogen-bond acceptors (Lipinski definition) is 3. The molecule has 0 atom stereocenters. The minimum Gasteiger partial charge on any atom is -0.496 e. The molecule has 2 rings (SSSR count). The minimum absolute atomic E-state index is 0.154. The zero-order valence-electron chi connectivity index (χ0n) is 11.6. The lowest BCUT2D eigenvalue weighted by molar-refractivity contribution is 0.215. The topological polar surface area (TPSA) is 32.7 Å². The molecule has 1 fully saturated rings. The zero-order chi connectivity index (χ0) is 13.2. The van der Waals surface area contributed by atoms with Crippen LogP contribution in [0.2, 0.25) is 0 Å². The summed E-state index contributed by atoms with van der Waals surface area (Å²) in [6.07, 6.45) is 3.26. The van der Waals surface area contributed by atoms with Crippen molar-refractivity contribution in [2.24, 2.45) is 5.41 Å². The van der Waals surface area contributed by atoms with Crippen LogP contribution in [-0.2, 0) is 6.42 Å². The van der Waals surface area contributed by atoms with Gasteiger partial charge in [0, 0.05) is 24.7 Å². The molecule has 1 aromatic rings. The van der Waals surface area contributed by atoms with Crippen LogP contribution >= 0.6 is 0 Å². The van der Waals surface area contributed by atoms with Gasteiger partial charge in [-0.25, -0.2) is 0 Å². The van der Waals surface area contributed by atoms with Gasteiger partial charge < -0.3 is 14.7 Å². The van der Waals surface area contributed by atoms with Crippen LogP contribution in [0.4, 0.5) is 5.69 Å². The van der Waals surface area contributed by atoms with E-state index in [0.29, 0.717) is 6.61 Å². The smallest absolute Gasteiger partial charge is 0.122 e. The van der Waals surface area contributed by atoms with E-state index in [1.54, 1.807) is 7.11 Å². The first-order valence-corrected chi connectivity index (χ1v) is 6.63. The van der Waals surface area contributed by atoms with Crippen LogP contribution in [-0.4, -0.2) is 32.4 Å².